The number of nitrogens with zero attached hydrogens (tertiary/aromatic N) is 8. The molecule has 5 aliphatic rings. The molecule has 10 rings (SSSR count). The first kappa shape index (κ1) is 42.9. The number of hydrogen-bond acceptors (Lipinski definition) is 10. The van der Waals surface area contributed by atoms with Crippen molar-refractivity contribution < 1.29 is 36.7 Å². The van der Waals surface area contributed by atoms with E-state index in [1.807, 2.05) is 23.1 Å². The quantitative estimate of drug-likeness (QED) is 0.149. The zero-order chi connectivity index (χ0) is 45.1. The van der Waals surface area contributed by atoms with Gasteiger partial charge in [0.05, 0.1) is 29.5 Å². The highest BCUT2D eigenvalue weighted by Crippen LogP contribution is 2.51. The summed E-state index contributed by atoms with van der Waals surface area (Å²) >= 11 is 6.12. The molecule has 0 atom stereocenters. The summed E-state index contributed by atoms with van der Waals surface area (Å²) in [5, 5.41) is 12.1. The molecule has 0 bridgehead atoms. The second-order valence-electron chi connectivity index (χ2n) is 16.7. The van der Waals surface area contributed by atoms with Crippen LogP contribution in [0.5, 0.6) is 0 Å². The van der Waals surface area contributed by atoms with Crippen LogP contribution >= 0.6 is 11.6 Å². The van der Waals surface area contributed by atoms with E-state index in [-0.39, 0.29) is 74.1 Å². The van der Waals surface area contributed by atoms with E-state index in [1.54, 1.807) is 24.2 Å². The van der Waals surface area contributed by atoms with Gasteiger partial charge in [-0.05, 0) is 48.2 Å². The van der Waals surface area contributed by atoms with E-state index in [0.717, 1.165) is 27.1 Å². The number of amides is 5. The SMILES string of the molecule is C1CC1.CNC(=O)c1cnc2c(NC)cc(N3CCc4c(-c5ncc(CN6CC7(CCN(C(=O)c8cc(F)c(Cl)c(N9CCC(=O)NC9=O)c8)CC7(F)F)C6)cc5F)cccc43)nn12. The Bertz CT molecular complexity index is 2720. The van der Waals surface area contributed by atoms with Crippen molar-refractivity contribution in [1.29, 1.82) is 0 Å². The lowest BCUT2D eigenvalue weighted by Gasteiger charge is -2.57. The molecule has 5 aromatic rings. The van der Waals surface area contributed by atoms with Gasteiger partial charge >= 0.3 is 6.03 Å². The predicted molar refractivity (Wildman–Crippen MR) is 230 cm³/mol. The van der Waals surface area contributed by atoms with Crippen LogP contribution < -0.4 is 25.8 Å². The monoisotopic (exact) mass is 901 g/mol. The number of aromatic nitrogens is 4. The van der Waals surface area contributed by atoms with E-state index in [9.17, 15) is 23.6 Å². The van der Waals surface area contributed by atoms with Crippen LogP contribution in [0, 0.1) is 17.0 Å². The highest BCUT2D eigenvalue weighted by molar-refractivity contribution is 6.34. The van der Waals surface area contributed by atoms with Gasteiger partial charge in [0, 0.05) is 88.9 Å². The first-order chi connectivity index (χ1) is 30.7. The zero-order valence-corrected chi connectivity index (χ0v) is 35.7. The van der Waals surface area contributed by atoms with E-state index >= 15 is 13.2 Å². The number of pyridine rings is 1. The normalized spacial score (nSPS) is 18.6. The number of likely N-dealkylation sites (tertiary alicyclic amines) is 2. The van der Waals surface area contributed by atoms with Crippen LogP contribution in [0.25, 0.3) is 16.9 Å². The minimum atomic E-state index is -3.30. The molecule has 4 fully saturated rings. The van der Waals surface area contributed by atoms with Crippen molar-refractivity contribution >= 4 is 63.9 Å². The molecular formula is C44H44ClF4N11O4. The first-order valence-electron chi connectivity index (χ1n) is 21.0. The van der Waals surface area contributed by atoms with Crippen molar-refractivity contribution in [3.05, 3.63) is 93.9 Å². The summed E-state index contributed by atoms with van der Waals surface area (Å²) in [6, 6.07) is 9.93. The van der Waals surface area contributed by atoms with Gasteiger partial charge in [0.25, 0.3) is 17.7 Å². The number of carbonyl (C=O) groups is 4. The predicted octanol–water partition coefficient (Wildman–Crippen LogP) is 6.42. The molecule has 0 radical (unpaired) electrons. The number of halogens is 5. The number of anilines is 4. The van der Waals surface area contributed by atoms with E-state index < -0.39 is 52.4 Å². The van der Waals surface area contributed by atoms with Gasteiger partial charge in [-0.25, -0.2) is 31.9 Å². The Kier molecular flexibility index (Phi) is 11.2. The number of fused-ring (bicyclic) bond motifs is 2. The van der Waals surface area contributed by atoms with Crippen LogP contribution in [-0.2, 0) is 17.8 Å². The Morgan fingerprint density at radius 3 is 2.34 bits per heavy atom. The molecule has 1 saturated carbocycles. The van der Waals surface area contributed by atoms with Gasteiger partial charge in [0.1, 0.15) is 22.4 Å². The topological polar surface area (TPSA) is 160 Å². The minimum absolute atomic E-state index is 0.00865. The second-order valence-corrected chi connectivity index (χ2v) is 17.1. The Hall–Kier alpha value is -6.34. The van der Waals surface area contributed by atoms with Crippen LogP contribution in [-0.4, -0.2) is 112 Å². The van der Waals surface area contributed by atoms with Gasteiger partial charge in [0.15, 0.2) is 17.2 Å². The number of urea groups is 1. The van der Waals surface area contributed by atoms with Crippen molar-refractivity contribution in [3.63, 3.8) is 0 Å². The molecule has 7 heterocycles. The molecule has 0 unspecified atom stereocenters. The highest BCUT2D eigenvalue weighted by Gasteiger charge is 2.62. The lowest BCUT2D eigenvalue weighted by molar-refractivity contribution is -0.220. The van der Waals surface area contributed by atoms with Crippen LogP contribution in [0.1, 0.15) is 64.1 Å². The molecule has 3 saturated heterocycles. The van der Waals surface area contributed by atoms with E-state index in [1.165, 1.54) is 49.2 Å². The molecule has 3 aromatic heterocycles. The number of benzene rings is 2. The number of imidazole rings is 1. The number of carbonyl (C=O) groups excluding carboxylic acids is 4. The van der Waals surface area contributed by atoms with Crippen molar-refractivity contribution in [3.8, 4) is 11.3 Å². The molecule has 4 aliphatic heterocycles. The largest absolute Gasteiger partial charge is 0.385 e. The highest BCUT2D eigenvalue weighted by atomic mass is 35.5. The van der Waals surface area contributed by atoms with Crippen molar-refractivity contribution in [1.82, 2.24) is 40.0 Å². The Morgan fingerprint density at radius 1 is 0.891 bits per heavy atom. The third-order valence-corrected chi connectivity index (χ3v) is 12.7. The fourth-order valence-electron chi connectivity index (χ4n) is 8.84. The fourth-order valence-corrected chi connectivity index (χ4v) is 9.05. The fraction of sp³-hybridized carbons (Fsp3) is 0.386. The Morgan fingerprint density at radius 2 is 1.66 bits per heavy atom. The second kappa shape index (κ2) is 16.7. The summed E-state index contributed by atoms with van der Waals surface area (Å²) in [6.45, 7) is -0.286. The van der Waals surface area contributed by atoms with Gasteiger partial charge in [0.2, 0.25) is 5.91 Å². The molecule has 1 spiro atoms. The number of hydrogen-bond donors (Lipinski definition) is 3. The number of rotatable bonds is 8. The first-order valence-corrected chi connectivity index (χ1v) is 21.4. The molecule has 1 aliphatic carbocycles. The number of piperidine rings is 1. The van der Waals surface area contributed by atoms with Gasteiger partial charge in [-0.2, -0.15) is 0 Å². The van der Waals surface area contributed by atoms with E-state index in [4.69, 9.17) is 16.7 Å². The molecule has 3 N–H and O–H groups in total. The van der Waals surface area contributed by atoms with E-state index in [0.29, 0.717) is 41.2 Å². The van der Waals surface area contributed by atoms with Gasteiger partial charge in [-0.1, -0.05) is 43.0 Å². The average Bonchev–Trinajstić information content (AvgIpc) is 3.99. The van der Waals surface area contributed by atoms with Gasteiger partial charge < -0.3 is 20.4 Å². The Labute approximate surface area is 369 Å². The number of alkyl halides is 2. The third-order valence-electron chi connectivity index (χ3n) is 12.4. The summed E-state index contributed by atoms with van der Waals surface area (Å²) in [5.74, 6) is -6.01. The molecular weight excluding hydrogens is 858 g/mol. The Balaban J connectivity index is 0.00000166. The van der Waals surface area contributed by atoms with Crippen LogP contribution in [0.4, 0.5) is 45.2 Å². The summed E-state index contributed by atoms with van der Waals surface area (Å²) in [4.78, 5) is 64.7. The third kappa shape index (κ3) is 7.73. The van der Waals surface area contributed by atoms with Crippen molar-refractivity contribution in [2.75, 3.05) is 68.5 Å². The summed E-state index contributed by atoms with van der Waals surface area (Å²) < 4.78 is 64.2. The van der Waals surface area contributed by atoms with Crippen LogP contribution in [0.3, 0.4) is 0 Å². The van der Waals surface area contributed by atoms with Crippen LogP contribution in [0.15, 0.2) is 54.9 Å². The number of imide groups is 1. The van der Waals surface area contributed by atoms with E-state index in [2.05, 4.69) is 25.9 Å². The molecule has 15 nitrogen and oxygen atoms in total. The summed E-state index contributed by atoms with van der Waals surface area (Å²) in [7, 11) is 3.28. The zero-order valence-electron chi connectivity index (χ0n) is 35.0. The molecule has 334 valence electrons. The van der Waals surface area contributed by atoms with Gasteiger partial charge in [-0.3, -0.25) is 34.5 Å². The standard InChI is InChI=1S/C41H38ClF4N11O4.C3H6/c1-47-28-15-32(52-57-31(37(59)48-2)17-50-36(28)57)55-9-6-24-25(4-3-5-29(24)55)35-27(44)12-22(16-49-35)18-53-19-40(20-53)8-11-54(21-41(40,45)46)38(60)23-13-26(43)34(42)30(14-23)56-10-7-33(58)51-39(56)61;1-2-3-1/h3-5,12-17,47H,6-11,18-21H2,1-2H3,(H,48,59)(H,51,58,61);1-3H2. The number of nitrogens with one attached hydrogen (secondary N) is 3. The molecule has 5 amide bonds. The summed E-state index contributed by atoms with van der Waals surface area (Å²) in [5.41, 5.74) is 2.56. The lowest BCUT2D eigenvalue weighted by Crippen LogP contribution is -2.70. The summed E-state index contributed by atoms with van der Waals surface area (Å²) in [6.07, 6.45) is 7.98. The maximum atomic E-state index is 15.9. The van der Waals surface area contributed by atoms with Gasteiger partial charge in [-0.15, -0.1) is 5.10 Å². The lowest BCUT2D eigenvalue weighted by atomic mass is 9.69. The molecule has 2 aromatic carbocycles. The minimum Gasteiger partial charge on any atom is -0.385 e. The van der Waals surface area contributed by atoms with Crippen molar-refractivity contribution in [2.45, 2.75) is 51.0 Å². The smallest absolute Gasteiger partial charge is 0.328 e. The van der Waals surface area contributed by atoms with Crippen molar-refractivity contribution in [2.24, 2.45) is 5.41 Å². The molecule has 64 heavy (non-hydrogen) atoms. The van der Waals surface area contributed by atoms with Crippen LogP contribution in [0.2, 0.25) is 5.02 Å². The molecule has 20 heteroatoms. The average molecular weight is 902 g/mol. The maximum absolute atomic E-state index is 15.9. The maximum Gasteiger partial charge on any atom is 0.328 e.